The van der Waals surface area contributed by atoms with Gasteiger partial charge in [0.2, 0.25) is 17.2 Å². The van der Waals surface area contributed by atoms with Crippen LogP contribution in [-0.4, -0.2) is 33.5 Å². The fourth-order valence-corrected chi connectivity index (χ4v) is 2.97. The van der Waals surface area contributed by atoms with Crippen molar-refractivity contribution in [3.8, 4) is 5.69 Å². The van der Waals surface area contributed by atoms with Crippen molar-refractivity contribution in [3.05, 3.63) is 57.0 Å². The van der Waals surface area contributed by atoms with Crippen LogP contribution in [0.2, 0.25) is 0 Å². The molecule has 2 heterocycles. The Balaban J connectivity index is 1.95. The maximum absolute atomic E-state index is 12.6. The number of piperidine rings is 1. The van der Waals surface area contributed by atoms with Crippen LogP contribution in [0.3, 0.4) is 0 Å². The van der Waals surface area contributed by atoms with Crippen LogP contribution in [0.1, 0.15) is 40.2 Å². The van der Waals surface area contributed by atoms with E-state index in [2.05, 4.69) is 15.7 Å². The van der Waals surface area contributed by atoms with Gasteiger partial charge in [0.05, 0.1) is 5.69 Å². The van der Waals surface area contributed by atoms with E-state index in [1.165, 1.54) is 6.07 Å². The van der Waals surface area contributed by atoms with Gasteiger partial charge in [0.25, 0.3) is 5.91 Å². The van der Waals surface area contributed by atoms with Crippen LogP contribution < -0.4 is 16.1 Å². The van der Waals surface area contributed by atoms with Crippen LogP contribution in [0.5, 0.6) is 0 Å². The second-order valence-corrected chi connectivity index (χ2v) is 6.61. The van der Waals surface area contributed by atoms with Gasteiger partial charge >= 0.3 is 0 Å². The largest absolute Gasteiger partial charge is 0.339 e. The summed E-state index contributed by atoms with van der Waals surface area (Å²) in [6.45, 7) is 5.64. The molecule has 1 aliphatic rings. The summed E-state index contributed by atoms with van der Waals surface area (Å²) in [6.07, 6.45) is 0.318. The molecule has 3 amide bonds. The van der Waals surface area contributed by atoms with Crippen molar-refractivity contribution in [3.63, 3.8) is 0 Å². The average Bonchev–Trinajstić information content (AvgIpc) is 2.60. The number of nitrogens with zero attached hydrogens (tertiary/aromatic N) is 2. The van der Waals surface area contributed by atoms with E-state index >= 15 is 0 Å². The molecule has 0 radical (unpaired) electrons. The molecule has 2 aromatic rings. The summed E-state index contributed by atoms with van der Waals surface area (Å²) in [7, 11) is 0. The molecule has 0 saturated carbocycles. The number of benzene rings is 1. The van der Waals surface area contributed by atoms with Gasteiger partial charge in [-0.2, -0.15) is 5.10 Å². The number of aryl methyl sites for hydroxylation is 2. The van der Waals surface area contributed by atoms with E-state index in [9.17, 15) is 19.2 Å². The molecular formula is C19H20N4O4. The lowest BCUT2D eigenvalue weighted by molar-refractivity contribution is -0.134. The molecule has 1 aliphatic heterocycles. The summed E-state index contributed by atoms with van der Waals surface area (Å²) in [6, 6.07) is 6.17. The Morgan fingerprint density at radius 2 is 1.96 bits per heavy atom. The highest BCUT2D eigenvalue weighted by Gasteiger charge is 2.29. The Bertz CT molecular complexity index is 1010. The molecule has 8 heteroatoms. The molecule has 1 saturated heterocycles. The highest BCUT2D eigenvalue weighted by molar-refractivity contribution is 6.03. The first-order valence-electron chi connectivity index (χ1n) is 8.60. The van der Waals surface area contributed by atoms with Crippen molar-refractivity contribution in [2.75, 3.05) is 0 Å². The minimum atomic E-state index is -0.869. The van der Waals surface area contributed by atoms with Gasteiger partial charge in [-0.3, -0.25) is 24.5 Å². The van der Waals surface area contributed by atoms with E-state index in [0.29, 0.717) is 5.69 Å². The van der Waals surface area contributed by atoms with Crippen molar-refractivity contribution in [2.45, 2.75) is 39.7 Å². The molecule has 2 N–H and O–H groups in total. The first-order chi connectivity index (χ1) is 12.8. The first kappa shape index (κ1) is 18.5. The summed E-state index contributed by atoms with van der Waals surface area (Å²) in [4.78, 5) is 47.9. The van der Waals surface area contributed by atoms with E-state index in [-0.39, 0.29) is 24.4 Å². The fraction of sp³-hybridized carbons (Fsp3) is 0.316. The number of hydrogen-bond acceptors (Lipinski definition) is 5. The van der Waals surface area contributed by atoms with Crippen molar-refractivity contribution in [1.82, 2.24) is 20.4 Å². The van der Waals surface area contributed by atoms with E-state index in [1.54, 1.807) is 11.6 Å². The molecule has 27 heavy (non-hydrogen) atoms. The molecule has 0 spiro atoms. The number of hydrogen-bond donors (Lipinski definition) is 2. The Morgan fingerprint density at radius 3 is 2.67 bits per heavy atom. The highest BCUT2D eigenvalue weighted by atomic mass is 16.2. The summed E-state index contributed by atoms with van der Waals surface area (Å²) >= 11 is 0. The lowest BCUT2D eigenvalue weighted by atomic mass is 10.1. The topological polar surface area (TPSA) is 110 Å². The van der Waals surface area contributed by atoms with Gasteiger partial charge in [-0.25, -0.2) is 4.68 Å². The quantitative estimate of drug-likeness (QED) is 0.775. The standard InChI is InChI=1S/C19H20N4O4/c1-10-5-4-6-14(12(10)3)23-11(2)9-15(24)17(22-23)19(27)20-13-7-8-16(25)21-18(13)26/h4-6,9,13H,7-8H2,1-3H3,(H,20,27)(H,21,25,26). The number of aromatic nitrogens is 2. The number of imide groups is 1. The number of carbonyl (C=O) groups is 3. The summed E-state index contributed by atoms with van der Waals surface area (Å²) in [5.74, 6) is -1.70. The molecule has 140 valence electrons. The monoisotopic (exact) mass is 368 g/mol. The first-order valence-corrected chi connectivity index (χ1v) is 8.60. The van der Waals surface area contributed by atoms with Gasteiger partial charge in [-0.05, 0) is 44.4 Å². The normalized spacial score (nSPS) is 16.8. The molecule has 0 bridgehead atoms. The SMILES string of the molecule is Cc1cccc(-n2nc(C(=O)NC3CCC(=O)NC3=O)c(=O)cc2C)c1C. The second kappa shape index (κ2) is 7.14. The molecule has 1 fully saturated rings. The van der Waals surface area contributed by atoms with Crippen molar-refractivity contribution < 1.29 is 14.4 Å². The maximum Gasteiger partial charge on any atom is 0.276 e. The number of amides is 3. The predicted molar refractivity (Wildman–Crippen MR) is 97.7 cm³/mol. The van der Waals surface area contributed by atoms with Crippen molar-refractivity contribution >= 4 is 17.7 Å². The number of nitrogens with one attached hydrogen (secondary N) is 2. The van der Waals surface area contributed by atoms with Crippen LogP contribution in [0, 0.1) is 20.8 Å². The minimum absolute atomic E-state index is 0.130. The Kier molecular flexibility index (Phi) is 4.89. The second-order valence-electron chi connectivity index (χ2n) is 6.61. The van der Waals surface area contributed by atoms with Gasteiger partial charge in [0.15, 0.2) is 5.69 Å². The Morgan fingerprint density at radius 1 is 1.22 bits per heavy atom. The van der Waals surface area contributed by atoms with Crippen LogP contribution in [0.4, 0.5) is 0 Å². The van der Waals surface area contributed by atoms with E-state index in [1.807, 2.05) is 32.0 Å². The lowest BCUT2D eigenvalue weighted by Gasteiger charge is -2.21. The smallest absolute Gasteiger partial charge is 0.276 e. The Labute approximate surface area is 155 Å². The van der Waals surface area contributed by atoms with Gasteiger partial charge in [-0.15, -0.1) is 0 Å². The summed E-state index contributed by atoms with van der Waals surface area (Å²) in [5, 5.41) is 8.90. The van der Waals surface area contributed by atoms with Gasteiger partial charge in [0, 0.05) is 18.2 Å². The van der Waals surface area contributed by atoms with Crippen LogP contribution in [0.15, 0.2) is 29.1 Å². The van der Waals surface area contributed by atoms with Crippen LogP contribution in [-0.2, 0) is 9.59 Å². The molecular weight excluding hydrogens is 348 g/mol. The van der Waals surface area contributed by atoms with E-state index < -0.39 is 23.3 Å². The van der Waals surface area contributed by atoms with Gasteiger partial charge in [0.1, 0.15) is 6.04 Å². The highest BCUT2D eigenvalue weighted by Crippen LogP contribution is 2.17. The number of rotatable bonds is 3. The average molecular weight is 368 g/mol. The third-order valence-electron chi connectivity index (χ3n) is 4.67. The van der Waals surface area contributed by atoms with E-state index in [0.717, 1.165) is 16.8 Å². The van der Waals surface area contributed by atoms with E-state index in [4.69, 9.17) is 0 Å². The zero-order valence-corrected chi connectivity index (χ0v) is 15.3. The minimum Gasteiger partial charge on any atom is -0.339 e. The van der Waals surface area contributed by atoms with Crippen molar-refractivity contribution in [2.24, 2.45) is 0 Å². The lowest BCUT2D eigenvalue weighted by Crippen LogP contribution is -2.53. The summed E-state index contributed by atoms with van der Waals surface area (Å²) < 4.78 is 1.54. The number of carbonyl (C=O) groups excluding carboxylic acids is 3. The third-order valence-corrected chi connectivity index (χ3v) is 4.67. The molecule has 3 rings (SSSR count). The van der Waals surface area contributed by atoms with Gasteiger partial charge < -0.3 is 5.32 Å². The van der Waals surface area contributed by atoms with Crippen molar-refractivity contribution in [1.29, 1.82) is 0 Å². The third kappa shape index (κ3) is 3.64. The zero-order chi connectivity index (χ0) is 19.7. The molecule has 1 aromatic heterocycles. The molecule has 1 atom stereocenters. The molecule has 8 nitrogen and oxygen atoms in total. The zero-order valence-electron chi connectivity index (χ0n) is 15.3. The van der Waals surface area contributed by atoms with Gasteiger partial charge in [-0.1, -0.05) is 12.1 Å². The summed E-state index contributed by atoms with van der Waals surface area (Å²) in [5.41, 5.74) is 2.56. The van der Waals surface area contributed by atoms with Crippen LogP contribution >= 0.6 is 0 Å². The van der Waals surface area contributed by atoms with Crippen LogP contribution in [0.25, 0.3) is 5.69 Å². The molecule has 1 aromatic carbocycles. The molecule has 0 aliphatic carbocycles. The molecule has 1 unspecified atom stereocenters. The fourth-order valence-electron chi connectivity index (χ4n) is 2.97. The Hall–Kier alpha value is -3.29. The predicted octanol–water partition coefficient (Wildman–Crippen LogP) is 0.693. The maximum atomic E-state index is 12.6.